The number of carbonyl (C=O) groups excluding carboxylic acids is 1. The van der Waals surface area contributed by atoms with Crippen molar-refractivity contribution < 1.29 is 13.2 Å². The second kappa shape index (κ2) is 6.23. The molecule has 0 aliphatic carbocycles. The zero-order chi connectivity index (χ0) is 15.5. The van der Waals surface area contributed by atoms with Crippen LogP contribution in [0.5, 0.6) is 0 Å². The van der Waals surface area contributed by atoms with Crippen molar-refractivity contribution in [2.45, 2.75) is 6.54 Å². The summed E-state index contributed by atoms with van der Waals surface area (Å²) in [5, 5.41) is 2.69. The smallest absolute Gasteiger partial charge is 0.235 e. The average Bonchev–Trinajstić information content (AvgIpc) is 2.81. The first-order valence-electron chi connectivity index (χ1n) is 6.46. The number of likely N-dealkylation sites (N-methyl/N-ethyl adjacent to an activating group) is 1. The number of aromatic nitrogens is 2. The Hall–Kier alpha value is -1.93. The maximum Gasteiger partial charge on any atom is 0.235 e. The van der Waals surface area contributed by atoms with Gasteiger partial charge in [0.2, 0.25) is 15.9 Å². The molecule has 8 heteroatoms. The number of benzene rings is 1. The summed E-state index contributed by atoms with van der Waals surface area (Å²) in [6.45, 7) is 0.815. The van der Waals surface area contributed by atoms with Crippen LogP contribution in [0.2, 0.25) is 0 Å². The molecule has 0 unspecified atom stereocenters. The van der Waals surface area contributed by atoms with Gasteiger partial charge in [0.1, 0.15) is 0 Å². The molecule has 0 aliphatic heterocycles. The van der Waals surface area contributed by atoms with E-state index in [0.29, 0.717) is 13.1 Å². The summed E-state index contributed by atoms with van der Waals surface area (Å²) in [7, 11) is -1.96. The predicted molar refractivity (Wildman–Crippen MR) is 80.2 cm³/mol. The average molecular weight is 310 g/mol. The van der Waals surface area contributed by atoms with Gasteiger partial charge in [-0.2, -0.15) is 4.31 Å². The standard InChI is InChI=1S/C13H18N4O3S/c1-16(21(2,19)20)9-13(18)14-7-8-17-10-15-11-5-3-4-6-12(11)17/h3-6,10H,7-9H2,1-2H3,(H,14,18). The third-order valence-corrected chi connectivity index (χ3v) is 4.40. The van der Waals surface area contributed by atoms with Crippen LogP contribution in [0, 0.1) is 0 Å². The second-order valence-electron chi connectivity index (χ2n) is 4.80. The summed E-state index contributed by atoms with van der Waals surface area (Å²) >= 11 is 0. The number of nitrogens with one attached hydrogen (secondary N) is 1. The number of sulfonamides is 1. The molecule has 114 valence electrons. The topological polar surface area (TPSA) is 84.3 Å². The number of hydrogen-bond donors (Lipinski definition) is 1. The zero-order valence-corrected chi connectivity index (χ0v) is 12.8. The minimum Gasteiger partial charge on any atom is -0.353 e. The monoisotopic (exact) mass is 310 g/mol. The van der Waals surface area contributed by atoms with E-state index >= 15 is 0 Å². The Kier molecular flexibility index (Phi) is 4.59. The number of amides is 1. The molecule has 2 aromatic rings. The Labute approximate surface area is 123 Å². The van der Waals surface area contributed by atoms with E-state index in [1.54, 1.807) is 6.33 Å². The number of nitrogens with zero attached hydrogens (tertiary/aromatic N) is 3. The van der Waals surface area contributed by atoms with Crippen molar-refractivity contribution in [2.75, 3.05) is 26.4 Å². The minimum absolute atomic E-state index is 0.177. The van der Waals surface area contributed by atoms with Crippen molar-refractivity contribution in [2.24, 2.45) is 0 Å². The molecule has 0 saturated heterocycles. The minimum atomic E-state index is -3.34. The lowest BCUT2D eigenvalue weighted by Crippen LogP contribution is -2.38. The van der Waals surface area contributed by atoms with E-state index in [0.717, 1.165) is 21.6 Å². The number of carbonyl (C=O) groups is 1. The van der Waals surface area contributed by atoms with Crippen LogP contribution in [0.15, 0.2) is 30.6 Å². The maximum absolute atomic E-state index is 11.7. The Morgan fingerprint density at radius 1 is 1.38 bits per heavy atom. The number of rotatable bonds is 6. The van der Waals surface area contributed by atoms with Gasteiger partial charge in [-0.3, -0.25) is 4.79 Å². The molecule has 1 heterocycles. The van der Waals surface area contributed by atoms with Crippen LogP contribution < -0.4 is 5.32 Å². The Bertz CT molecular complexity index is 739. The van der Waals surface area contributed by atoms with E-state index in [-0.39, 0.29) is 12.5 Å². The van der Waals surface area contributed by atoms with Gasteiger partial charge in [-0.15, -0.1) is 0 Å². The van der Waals surface area contributed by atoms with Crippen molar-refractivity contribution in [3.8, 4) is 0 Å². The van der Waals surface area contributed by atoms with Crippen molar-refractivity contribution in [3.63, 3.8) is 0 Å². The van der Waals surface area contributed by atoms with Gasteiger partial charge in [0, 0.05) is 20.1 Å². The van der Waals surface area contributed by atoms with Crippen LogP contribution in [0.1, 0.15) is 0 Å². The fourth-order valence-electron chi connectivity index (χ4n) is 1.88. The molecule has 2 rings (SSSR count). The van der Waals surface area contributed by atoms with Gasteiger partial charge in [-0.05, 0) is 12.1 Å². The van der Waals surface area contributed by atoms with Gasteiger partial charge in [0.05, 0.1) is 30.2 Å². The molecule has 21 heavy (non-hydrogen) atoms. The highest BCUT2D eigenvalue weighted by Gasteiger charge is 2.14. The lowest BCUT2D eigenvalue weighted by Gasteiger charge is -2.13. The third kappa shape index (κ3) is 4.02. The zero-order valence-electron chi connectivity index (χ0n) is 12.0. The van der Waals surface area contributed by atoms with E-state index in [9.17, 15) is 13.2 Å². The number of fused-ring (bicyclic) bond motifs is 1. The predicted octanol–water partition coefficient (Wildman–Crippen LogP) is 0.0439. The van der Waals surface area contributed by atoms with Crippen LogP contribution in [0.25, 0.3) is 11.0 Å². The van der Waals surface area contributed by atoms with E-state index in [2.05, 4.69) is 10.3 Å². The largest absolute Gasteiger partial charge is 0.353 e. The highest BCUT2D eigenvalue weighted by atomic mass is 32.2. The molecule has 0 radical (unpaired) electrons. The van der Waals surface area contributed by atoms with E-state index < -0.39 is 10.0 Å². The van der Waals surface area contributed by atoms with E-state index in [1.807, 2.05) is 28.8 Å². The van der Waals surface area contributed by atoms with Gasteiger partial charge >= 0.3 is 0 Å². The van der Waals surface area contributed by atoms with Crippen molar-refractivity contribution in [1.29, 1.82) is 0 Å². The van der Waals surface area contributed by atoms with Gasteiger partial charge < -0.3 is 9.88 Å². The van der Waals surface area contributed by atoms with Crippen LogP contribution >= 0.6 is 0 Å². The third-order valence-electron chi connectivity index (χ3n) is 3.13. The normalized spacial score (nSPS) is 12.0. The maximum atomic E-state index is 11.7. The summed E-state index contributed by atoms with van der Waals surface area (Å²) in [6.07, 6.45) is 2.79. The number of imidazole rings is 1. The quantitative estimate of drug-likeness (QED) is 0.817. The van der Waals surface area contributed by atoms with Crippen LogP contribution in [-0.4, -0.2) is 54.6 Å². The Balaban J connectivity index is 1.86. The van der Waals surface area contributed by atoms with Crippen LogP contribution in [0.3, 0.4) is 0 Å². The first-order chi connectivity index (χ1) is 9.88. The fraction of sp³-hybridized carbons (Fsp3) is 0.385. The summed E-state index contributed by atoms with van der Waals surface area (Å²) in [5.41, 5.74) is 1.90. The molecule has 0 fully saturated rings. The van der Waals surface area contributed by atoms with Crippen molar-refractivity contribution >= 4 is 27.0 Å². The molecule has 1 aromatic heterocycles. The van der Waals surface area contributed by atoms with E-state index in [4.69, 9.17) is 0 Å². The molecular weight excluding hydrogens is 292 g/mol. The van der Waals surface area contributed by atoms with Gasteiger partial charge in [0.25, 0.3) is 0 Å². The molecular formula is C13H18N4O3S. The van der Waals surface area contributed by atoms with Crippen LogP contribution in [0.4, 0.5) is 0 Å². The lowest BCUT2D eigenvalue weighted by atomic mass is 10.3. The highest BCUT2D eigenvalue weighted by molar-refractivity contribution is 7.88. The molecule has 0 spiro atoms. The molecule has 7 nitrogen and oxygen atoms in total. The van der Waals surface area contributed by atoms with Gasteiger partial charge in [-0.1, -0.05) is 12.1 Å². The molecule has 0 aliphatic rings. The summed E-state index contributed by atoms with van der Waals surface area (Å²) in [6, 6.07) is 7.73. The van der Waals surface area contributed by atoms with Gasteiger partial charge in [-0.25, -0.2) is 13.4 Å². The Morgan fingerprint density at radius 3 is 2.81 bits per heavy atom. The molecule has 0 saturated carbocycles. The molecule has 1 amide bonds. The first kappa shape index (κ1) is 15.5. The molecule has 1 N–H and O–H groups in total. The fourth-order valence-corrected chi connectivity index (χ4v) is 2.23. The molecule has 0 atom stereocenters. The van der Waals surface area contributed by atoms with Crippen LogP contribution in [-0.2, 0) is 21.4 Å². The summed E-state index contributed by atoms with van der Waals surface area (Å²) in [5.74, 6) is -0.327. The Morgan fingerprint density at radius 2 is 2.10 bits per heavy atom. The molecule has 1 aromatic carbocycles. The highest BCUT2D eigenvalue weighted by Crippen LogP contribution is 2.10. The van der Waals surface area contributed by atoms with Crippen molar-refractivity contribution in [1.82, 2.24) is 19.2 Å². The van der Waals surface area contributed by atoms with Gasteiger partial charge in [0.15, 0.2) is 0 Å². The lowest BCUT2D eigenvalue weighted by molar-refractivity contribution is -0.121. The number of hydrogen-bond acceptors (Lipinski definition) is 4. The first-order valence-corrected chi connectivity index (χ1v) is 8.30. The number of para-hydroxylation sites is 2. The second-order valence-corrected chi connectivity index (χ2v) is 6.89. The summed E-state index contributed by atoms with van der Waals surface area (Å²) in [4.78, 5) is 15.9. The molecule has 0 bridgehead atoms. The van der Waals surface area contributed by atoms with Crippen molar-refractivity contribution in [3.05, 3.63) is 30.6 Å². The summed E-state index contributed by atoms with van der Waals surface area (Å²) < 4.78 is 25.4. The van der Waals surface area contributed by atoms with E-state index in [1.165, 1.54) is 7.05 Å². The SMILES string of the molecule is CN(CC(=O)NCCn1cnc2ccccc21)S(C)(=O)=O.